The van der Waals surface area contributed by atoms with E-state index in [1.165, 1.54) is 0 Å². The van der Waals surface area contributed by atoms with Crippen LogP contribution in [0, 0.1) is 6.92 Å². The molecule has 4 rings (SSSR count). The molecule has 0 bridgehead atoms. The summed E-state index contributed by atoms with van der Waals surface area (Å²) < 4.78 is 53.3. The molecule has 0 radical (unpaired) electrons. The van der Waals surface area contributed by atoms with Crippen molar-refractivity contribution in [1.29, 1.82) is 0 Å². The number of likely N-dealkylation sites (tertiary alicyclic amines) is 1. The van der Waals surface area contributed by atoms with E-state index >= 15 is 0 Å². The van der Waals surface area contributed by atoms with E-state index in [1.807, 2.05) is 0 Å². The third kappa shape index (κ3) is 6.23. The summed E-state index contributed by atoms with van der Waals surface area (Å²) in [5, 5.41) is 9.02. The maximum atomic E-state index is 14.0. The lowest BCUT2D eigenvalue weighted by molar-refractivity contribution is -0.137. The number of halogens is 3. The number of hydrogen-bond acceptors (Lipinski definition) is 7. The Kier molecular flexibility index (Phi) is 7.46. The summed E-state index contributed by atoms with van der Waals surface area (Å²) in [6.07, 6.45) is -2.68. The van der Waals surface area contributed by atoms with Crippen molar-refractivity contribution < 1.29 is 22.6 Å². The van der Waals surface area contributed by atoms with E-state index in [4.69, 9.17) is 15.2 Å². The van der Waals surface area contributed by atoms with E-state index in [9.17, 15) is 13.2 Å². The van der Waals surface area contributed by atoms with E-state index in [2.05, 4.69) is 25.4 Å². The summed E-state index contributed by atoms with van der Waals surface area (Å²) in [6.45, 7) is 5.11. The van der Waals surface area contributed by atoms with Gasteiger partial charge in [-0.25, -0.2) is 5.10 Å². The van der Waals surface area contributed by atoms with Gasteiger partial charge < -0.3 is 25.4 Å². The number of aromatic amines is 1. The summed E-state index contributed by atoms with van der Waals surface area (Å²) in [7, 11) is 1.69. The molecule has 2 aromatic carbocycles. The predicted octanol–water partition coefficient (Wildman–Crippen LogP) is 4.61. The molecule has 11 heteroatoms. The Labute approximate surface area is 201 Å². The molecule has 188 valence electrons. The molecule has 1 aliphatic rings. The smallest absolute Gasteiger partial charge is 0.417 e. The number of benzene rings is 2. The number of methoxy groups -OCH3 is 1. The van der Waals surface area contributed by atoms with Crippen LogP contribution in [0.5, 0.6) is 5.75 Å². The van der Waals surface area contributed by atoms with Gasteiger partial charge in [0.1, 0.15) is 11.9 Å². The zero-order chi connectivity index (χ0) is 25.0. The molecule has 2 heterocycles. The van der Waals surface area contributed by atoms with Crippen LogP contribution in [0.2, 0.25) is 0 Å². The third-order valence-electron chi connectivity index (χ3n) is 5.99. The molecule has 0 saturated carbocycles. The van der Waals surface area contributed by atoms with Gasteiger partial charge in [-0.15, -0.1) is 5.10 Å². The molecule has 0 spiro atoms. The van der Waals surface area contributed by atoms with Crippen LogP contribution in [0.4, 0.5) is 30.8 Å². The number of alkyl halides is 3. The van der Waals surface area contributed by atoms with Crippen molar-refractivity contribution in [2.45, 2.75) is 32.0 Å². The van der Waals surface area contributed by atoms with Gasteiger partial charge in [0.15, 0.2) is 0 Å². The second-order valence-electron chi connectivity index (χ2n) is 8.56. The summed E-state index contributed by atoms with van der Waals surface area (Å²) in [5.41, 5.74) is 6.00. The van der Waals surface area contributed by atoms with E-state index in [1.54, 1.807) is 44.4 Å². The quantitative estimate of drug-likeness (QED) is 0.424. The molecule has 1 saturated heterocycles. The number of hydrogen-bond donors (Lipinski definition) is 3. The molecule has 0 aliphatic carbocycles. The van der Waals surface area contributed by atoms with Crippen molar-refractivity contribution in [1.82, 2.24) is 20.1 Å². The average Bonchev–Trinajstić information content (AvgIpc) is 3.23. The van der Waals surface area contributed by atoms with E-state index in [0.29, 0.717) is 23.5 Å². The number of anilines is 3. The Bertz CT molecular complexity index is 1130. The van der Waals surface area contributed by atoms with Gasteiger partial charge in [-0.3, -0.25) is 0 Å². The standard InChI is InChI=1S/C24H29F3N6O2/c1-15-13-17(29-23-30-22(28)31-32-23)14-20(24(25,26)27)21(15)16-3-5-18(6-4-16)35-19-7-9-33(10-8-19)11-12-34-2/h3-6,13-14,19H,7-12H2,1-2H3,(H4,28,29,30,31,32). The minimum absolute atomic E-state index is 0.0656. The number of aromatic nitrogens is 3. The largest absolute Gasteiger partial charge is 0.490 e. The van der Waals surface area contributed by atoms with E-state index in [-0.39, 0.29) is 29.3 Å². The summed E-state index contributed by atoms with van der Waals surface area (Å²) in [6, 6.07) is 9.48. The number of piperidine rings is 1. The second kappa shape index (κ2) is 10.5. The molecule has 1 aliphatic heterocycles. The zero-order valence-corrected chi connectivity index (χ0v) is 19.7. The first-order valence-corrected chi connectivity index (χ1v) is 11.4. The van der Waals surface area contributed by atoms with Gasteiger partial charge in [0.2, 0.25) is 11.9 Å². The normalized spacial score (nSPS) is 15.3. The number of rotatable bonds is 8. The molecule has 4 N–H and O–H groups in total. The zero-order valence-electron chi connectivity index (χ0n) is 19.7. The van der Waals surface area contributed by atoms with Crippen LogP contribution in [0.15, 0.2) is 36.4 Å². The number of ether oxygens (including phenoxy) is 2. The lowest BCUT2D eigenvalue weighted by atomic mass is 9.93. The lowest BCUT2D eigenvalue weighted by Crippen LogP contribution is -2.39. The number of nitrogens with one attached hydrogen (secondary N) is 2. The van der Waals surface area contributed by atoms with Crippen molar-refractivity contribution >= 4 is 17.6 Å². The highest BCUT2D eigenvalue weighted by atomic mass is 19.4. The van der Waals surface area contributed by atoms with E-state index < -0.39 is 11.7 Å². The van der Waals surface area contributed by atoms with Crippen molar-refractivity contribution in [2.24, 2.45) is 0 Å². The highest BCUT2D eigenvalue weighted by molar-refractivity contribution is 5.76. The van der Waals surface area contributed by atoms with Crippen molar-refractivity contribution in [2.75, 3.05) is 44.4 Å². The van der Waals surface area contributed by atoms with Crippen molar-refractivity contribution in [3.05, 3.63) is 47.5 Å². The summed E-state index contributed by atoms with van der Waals surface area (Å²) >= 11 is 0. The Balaban J connectivity index is 1.50. The van der Waals surface area contributed by atoms with E-state index in [0.717, 1.165) is 38.5 Å². The summed E-state index contributed by atoms with van der Waals surface area (Å²) in [4.78, 5) is 6.22. The fourth-order valence-electron chi connectivity index (χ4n) is 4.29. The predicted molar refractivity (Wildman–Crippen MR) is 128 cm³/mol. The maximum absolute atomic E-state index is 14.0. The van der Waals surface area contributed by atoms with Gasteiger partial charge in [-0.1, -0.05) is 12.1 Å². The number of H-pyrrole nitrogens is 1. The van der Waals surface area contributed by atoms with Crippen LogP contribution in [-0.4, -0.2) is 59.5 Å². The molecule has 8 nitrogen and oxygen atoms in total. The first-order valence-electron chi connectivity index (χ1n) is 11.4. The molecule has 1 fully saturated rings. The Morgan fingerprint density at radius 3 is 2.49 bits per heavy atom. The molecular weight excluding hydrogens is 461 g/mol. The first-order chi connectivity index (χ1) is 16.7. The van der Waals surface area contributed by atoms with Gasteiger partial charge in [0.25, 0.3) is 0 Å². The molecule has 0 amide bonds. The van der Waals surface area contributed by atoms with Crippen LogP contribution in [0.3, 0.4) is 0 Å². The Hall–Kier alpha value is -3.31. The van der Waals surface area contributed by atoms with Crippen LogP contribution in [-0.2, 0) is 10.9 Å². The SMILES string of the molecule is COCCN1CCC(Oc2ccc(-c3c(C)cc(Nc4n[nH]c(N)n4)cc3C(F)(F)F)cc2)CC1. The Morgan fingerprint density at radius 2 is 1.89 bits per heavy atom. The molecule has 3 aromatic rings. The van der Waals surface area contributed by atoms with Crippen molar-refractivity contribution in [3.8, 4) is 16.9 Å². The van der Waals surface area contributed by atoms with Crippen LogP contribution in [0.1, 0.15) is 24.0 Å². The maximum Gasteiger partial charge on any atom is 0.417 e. The Morgan fingerprint density at radius 1 is 1.17 bits per heavy atom. The fourth-order valence-corrected chi connectivity index (χ4v) is 4.29. The van der Waals surface area contributed by atoms with Crippen LogP contribution < -0.4 is 15.8 Å². The highest BCUT2D eigenvalue weighted by Gasteiger charge is 2.35. The molecular formula is C24H29F3N6O2. The fraction of sp³-hybridized carbons (Fsp3) is 0.417. The van der Waals surface area contributed by atoms with Gasteiger partial charge in [-0.2, -0.15) is 18.2 Å². The number of nitrogens with zero attached hydrogens (tertiary/aromatic N) is 3. The van der Waals surface area contributed by atoms with Crippen LogP contribution >= 0.6 is 0 Å². The molecule has 1 aromatic heterocycles. The lowest BCUT2D eigenvalue weighted by Gasteiger charge is -2.31. The topological polar surface area (TPSA) is 101 Å². The average molecular weight is 491 g/mol. The van der Waals surface area contributed by atoms with Gasteiger partial charge in [0.05, 0.1) is 12.2 Å². The number of aryl methyl sites for hydroxylation is 1. The van der Waals surface area contributed by atoms with Crippen LogP contribution in [0.25, 0.3) is 11.1 Å². The summed E-state index contributed by atoms with van der Waals surface area (Å²) in [5.74, 6) is 0.806. The molecule has 35 heavy (non-hydrogen) atoms. The highest BCUT2D eigenvalue weighted by Crippen LogP contribution is 2.41. The van der Waals surface area contributed by atoms with Crippen molar-refractivity contribution in [3.63, 3.8) is 0 Å². The van der Waals surface area contributed by atoms with Gasteiger partial charge >= 0.3 is 6.18 Å². The first kappa shape index (κ1) is 24.8. The van der Waals surface area contributed by atoms with Gasteiger partial charge in [-0.05, 0) is 60.7 Å². The minimum atomic E-state index is -4.55. The second-order valence-corrected chi connectivity index (χ2v) is 8.56. The minimum Gasteiger partial charge on any atom is -0.490 e. The van der Waals surface area contributed by atoms with Gasteiger partial charge in [0, 0.05) is 32.4 Å². The molecule has 0 unspecified atom stereocenters. The number of nitrogen functional groups attached to an aromatic ring is 1. The monoisotopic (exact) mass is 490 g/mol. The number of nitrogens with two attached hydrogens (primary N) is 1. The third-order valence-corrected chi connectivity index (χ3v) is 5.99. The molecule has 0 atom stereocenters.